The molecule has 0 aliphatic rings. The minimum atomic E-state index is -0.874. The van der Waals surface area contributed by atoms with Crippen molar-refractivity contribution in [2.45, 2.75) is 58.7 Å². The number of aryl methyl sites for hydroxylation is 1. The van der Waals surface area contributed by atoms with Crippen molar-refractivity contribution in [1.82, 2.24) is 9.88 Å². The van der Waals surface area contributed by atoms with Crippen molar-refractivity contribution >= 4 is 10.8 Å². The van der Waals surface area contributed by atoms with E-state index in [2.05, 4.69) is 19.1 Å². The highest BCUT2D eigenvalue weighted by Crippen LogP contribution is 2.25. The molecule has 0 aliphatic heterocycles. The molecular weight excluding hydrogens is 300 g/mol. The van der Waals surface area contributed by atoms with Gasteiger partial charge in [-0.2, -0.15) is 0 Å². The minimum Gasteiger partial charge on any atom is -0.476 e. The molecule has 1 aromatic heterocycles. The van der Waals surface area contributed by atoms with Gasteiger partial charge in [0.25, 0.3) is 0 Å². The van der Waals surface area contributed by atoms with Gasteiger partial charge in [0.05, 0.1) is 0 Å². The fourth-order valence-electron chi connectivity index (χ4n) is 2.67. The van der Waals surface area contributed by atoms with Gasteiger partial charge >= 0.3 is 0 Å². The van der Waals surface area contributed by atoms with Crippen molar-refractivity contribution in [3.05, 3.63) is 36.0 Å². The fourth-order valence-corrected chi connectivity index (χ4v) is 2.67. The second-order valence-electron chi connectivity index (χ2n) is 7.01. The second-order valence-corrected chi connectivity index (χ2v) is 7.01. The van der Waals surface area contributed by atoms with Crippen molar-refractivity contribution in [3.8, 4) is 5.88 Å². The van der Waals surface area contributed by atoms with Crippen LogP contribution in [0.1, 0.15) is 46.2 Å². The van der Waals surface area contributed by atoms with Crippen molar-refractivity contribution in [2.75, 3.05) is 13.7 Å². The molecule has 0 fully saturated rings. The van der Waals surface area contributed by atoms with Gasteiger partial charge in [0.1, 0.15) is 12.3 Å². The second kappa shape index (κ2) is 7.95. The van der Waals surface area contributed by atoms with E-state index in [1.54, 1.807) is 13.8 Å². The Morgan fingerprint density at radius 3 is 2.67 bits per heavy atom. The minimum absolute atomic E-state index is 0.0739. The van der Waals surface area contributed by atoms with Crippen LogP contribution in [0.25, 0.3) is 10.8 Å². The lowest BCUT2D eigenvalue weighted by molar-refractivity contribution is -0.0885. The monoisotopic (exact) mass is 330 g/mol. The topological polar surface area (TPSA) is 45.6 Å². The number of likely N-dealkylation sites (N-methyl/N-ethyl adjacent to an activating group) is 1. The molecule has 0 bridgehead atoms. The van der Waals surface area contributed by atoms with E-state index in [9.17, 15) is 5.11 Å². The zero-order valence-electron chi connectivity index (χ0n) is 15.5. The lowest BCUT2D eigenvalue weighted by atomic mass is 10.1. The number of hydrogen-bond acceptors (Lipinski definition) is 4. The summed E-state index contributed by atoms with van der Waals surface area (Å²) in [6, 6.07) is 10.4. The first-order chi connectivity index (χ1) is 11.3. The molecule has 132 valence electrons. The summed E-state index contributed by atoms with van der Waals surface area (Å²) in [5.41, 5.74) is 0.204. The normalized spacial score (nSPS) is 13.5. The Morgan fingerprint density at radius 2 is 2.00 bits per heavy atom. The molecule has 0 spiro atoms. The highest BCUT2D eigenvalue weighted by atomic mass is 16.5. The Balaban J connectivity index is 2.20. The molecule has 0 saturated heterocycles. The first-order valence-electron chi connectivity index (χ1n) is 8.79. The summed E-state index contributed by atoms with van der Waals surface area (Å²) in [6.07, 6.45) is 3.25. The number of aromatic nitrogens is 1. The molecule has 4 heteroatoms. The van der Waals surface area contributed by atoms with E-state index in [1.807, 2.05) is 37.1 Å². The first kappa shape index (κ1) is 18.7. The van der Waals surface area contributed by atoms with Gasteiger partial charge in [-0.15, -0.1) is 0 Å². The van der Waals surface area contributed by atoms with Gasteiger partial charge in [-0.25, -0.2) is 4.98 Å². The summed E-state index contributed by atoms with van der Waals surface area (Å²) in [6.45, 7) is 8.27. The number of unbranched alkanes of at least 4 members (excludes halogenated alkanes) is 1. The molecule has 24 heavy (non-hydrogen) atoms. The quantitative estimate of drug-likeness (QED) is 0.743. The Kier molecular flexibility index (Phi) is 6.19. The van der Waals surface area contributed by atoms with Crippen LogP contribution in [0, 0.1) is 0 Å². The molecule has 1 N–H and O–H groups in total. The summed E-state index contributed by atoms with van der Waals surface area (Å²) in [5.74, 6) is 0.690. The standard InChI is InChI=1S/C20H30N2O2/c1-6-7-11-17-13-16-10-8-9-12-18(16)19(21-17)24-14-15(2)22(5)20(3,4)23/h8-10,12-13,15,23H,6-7,11,14H2,1-5H3. The van der Waals surface area contributed by atoms with Gasteiger partial charge in [0.15, 0.2) is 0 Å². The number of benzene rings is 1. The van der Waals surface area contributed by atoms with E-state index in [0.29, 0.717) is 12.5 Å². The molecule has 0 amide bonds. The van der Waals surface area contributed by atoms with Crippen LogP contribution < -0.4 is 4.74 Å². The van der Waals surface area contributed by atoms with Gasteiger partial charge in [0.2, 0.25) is 5.88 Å². The molecule has 0 aliphatic carbocycles. The summed E-state index contributed by atoms with van der Waals surface area (Å²) >= 11 is 0. The van der Waals surface area contributed by atoms with E-state index < -0.39 is 5.72 Å². The third-order valence-electron chi connectivity index (χ3n) is 4.53. The highest BCUT2D eigenvalue weighted by Gasteiger charge is 2.24. The zero-order valence-corrected chi connectivity index (χ0v) is 15.5. The predicted octanol–water partition coefficient (Wildman–Crippen LogP) is 4.00. The van der Waals surface area contributed by atoms with Crippen LogP contribution in [0.5, 0.6) is 5.88 Å². The predicted molar refractivity (Wildman–Crippen MR) is 99.4 cm³/mol. The Labute approximate surface area is 145 Å². The summed E-state index contributed by atoms with van der Waals surface area (Å²) in [5, 5.41) is 12.3. The van der Waals surface area contributed by atoms with E-state index in [4.69, 9.17) is 9.72 Å². The van der Waals surface area contributed by atoms with Crippen molar-refractivity contribution in [1.29, 1.82) is 0 Å². The zero-order chi connectivity index (χ0) is 17.7. The molecular formula is C20H30N2O2. The average Bonchev–Trinajstić information content (AvgIpc) is 2.55. The highest BCUT2D eigenvalue weighted by molar-refractivity contribution is 5.87. The SMILES string of the molecule is CCCCc1cc2ccccc2c(OCC(C)N(C)C(C)(C)O)n1. The molecule has 1 heterocycles. The first-order valence-corrected chi connectivity index (χ1v) is 8.79. The van der Waals surface area contributed by atoms with Crippen LogP contribution in [0.3, 0.4) is 0 Å². The summed E-state index contributed by atoms with van der Waals surface area (Å²) in [4.78, 5) is 6.63. The number of hydrogen-bond donors (Lipinski definition) is 1. The van der Waals surface area contributed by atoms with Crippen LogP contribution in [-0.2, 0) is 6.42 Å². The number of aliphatic hydroxyl groups is 1. The summed E-state index contributed by atoms with van der Waals surface area (Å²) < 4.78 is 6.05. The van der Waals surface area contributed by atoms with Gasteiger partial charge in [-0.3, -0.25) is 4.90 Å². The van der Waals surface area contributed by atoms with Crippen LogP contribution in [0.15, 0.2) is 30.3 Å². The maximum Gasteiger partial charge on any atom is 0.221 e. The Morgan fingerprint density at radius 1 is 1.29 bits per heavy atom. The molecule has 0 radical (unpaired) electrons. The number of ether oxygens (including phenoxy) is 1. The third-order valence-corrected chi connectivity index (χ3v) is 4.53. The average molecular weight is 330 g/mol. The smallest absolute Gasteiger partial charge is 0.221 e. The number of nitrogens with zero attached hydrogens (tertiary/aromatic N) is 2. The van der Waals surface area contributed by atoms with E-state index in [0.717, 1.165) is 35.7 Å². The molecule has 1 aromatic carbocycles. The van der Waals surface area contributed by atoms with Crippen LogP contribution in [0.2, 0.25) is 0 Å². The van der Waals surface area contributed by atoms with Crippen molar-refractivity contribution < 1.29 is 9.84 Å². The maximum atomic E-state index is 10.1. The number of fused-ring (bicyclic) bond motifs is 1. The van der Waals surface area contributed by atoms with Gasteiger partial charge in [-0.05, 0) is 58.2 Å². The van der Waals surface area contributed by atoms with Crippen LogP contribution in [0.4, 0.5) is 0 Å². The van der Waals surface area contributed by atoms with E-state index >= 15 is 0 Å². The molecule has 2 aromatic rings. The third kappa shape index (κ3) is 4.68. The fraction of sp³-hybridized carbons (Fsp3) is 0.550. The van der Waals surface area contributed by atoms with E-state index in [1.165, 1.54) is 0 Å². The Hall–Kier alpha value is -1.65. The number of rotatable bonds is 8. The molecule has 1 unspecified atom stereocenters. The molecule has 0 saturated carbocycles. The van der Waals surface area contributed by atoms with Crippen molar-refractivity contribution in [3.63, 3.8) is 0 Å². The van der Waals surface area contributed by atoms with Gasteiger partial charge in [0, 0.05) is 17.1 Å². The number of pyridine rings is 1. The Bertz CT molecular complexity index is 664. The van der Waals surface area contributed by atoms with Gasteiger partial charge < -0.3 is 9.84 Å². The van der Waals surface area contributed by atoms with Crippen LogP contribution >= 0.6 is 0 Å². The van der Waals surface area contributed by atoms with Crippen LogP contribution in [-0.4, -0.2) is 40.4 Å². The maximum absolute atomic E-state index is 10.1. The van der Waals surface area contributed by atoms with Crippen molar-refractivity contribution in [2.24, 2.45) is 0 Å². The summed E-state index contributed by atoms with van der Waals surface area (Å²) in [7, 11) is 1.90. The van der Waals surface area contributed by atoms with Gasteiger partial charge in [-0.1, -0.05) is 31.5 Å². The largest absolute Gasteiger partial charge is 0.476 e. The van der Waals surface area contributed by atoms with E-state index in [-0.39, 0.29) is 6.04 Å². The lowest BCUT2D eigenvalue weighted by Crippen LogP contribution is -2.48. The lowest BCUT2D eigenvalue weighted by Gasteiger charge is -2.35. The molecule has 4 nitrogen and oxygen atoms in total. The molecule has 2 rings (SSSR count). The molecule has 1 atom stereocenters.